The summed E-state index contributed by atoms with van der Waals surface area (Å²) in [6.07, 6.45) is 0.973. The molecule has 11 heteroatoms. The first-order valence-electron chi connectivity index (χ1n) is 9.50. The summed E-state index contributed by atoms with van der Waals surface area (Å²) in [5, 5.41) is 2.71. The van der Waals surface area contributed by atoms with Gasteiger partial charge in [-0.1, -0.05) is 11.6 Å². The SMILES string of the molecule is CCOC(=O)c1cc(NC(=O)CN(c2ccc(C(=O)N(C)C)cc2)S(C)(=O)=O)ccc1Cl. The highest BCUT2D eigenvalue weighted by Crippen LogP contribution is 2.23. The van der Waals surface area contributed by atoms with Crippen molar-refractivity contribution in [3.05, 3.63) is 58.6 Å². The van der Waals surface area contributed by atoms with Crippen LogP contribution in [0.1, 0.15) is 27.6 Å². The lowest BCUT2D eigenvalue weighted by molar-refractivity contribution is -0.114. The topological polar surface area (TPSA) is 113 Å². The largest absolute Gasteiger partial charge is 0.462 e. The third kappa shape index (κ3) is 6.44. The molecule has 0 aliphatic heterocycles. The summed E-state index contributed by atoms with van der Waals surface area (Å²) in [6, 6.07) is 10.1. The molecule has 0 unspecified atom stereocenters. The maximum absolute atomic E-state index is 12.6. The predicted molar refractivity (Wildman–Crippen MR) is 123 cm³/mol. The van der Waals surface area contributed by atoms with Gasteiger partial charge in [-0.25, -0.2) is 13.2 Å². The Morgan fingerprint density at radius 3 is 2.22 bits per heavy atom. The van der Waals surface area contributed by atoms with Crippen molar-refractivity contribution in [2.24, 2.45) is 0 Å². The number of sulfonamides is 1. The third-order valence-corrected chi connectivity index (χ3v) is 5.71. The second kappa shape index (κ2) is 10.5. The van der Waals surface area contributed by atoms with Crippen molar-refractivity contribution in [2.45, 2.75) is 6.92 Å². The number of carbonyl (C=O) groups is 3. The quantitative estimate of drug-likeness (QED) is 0.580. The van der Waals surface area contributed by atoms with Crippen LogP contribution < -0.4 is 9.62 Å². The van der Waals surface area contributed by atoms with Crippen molar-refractivity contribution < 1.29 is 27.5 Å². The molecule has 0 saturated heterocycles. The molecule has 0 heterocycles. The number of halogens is 1. The average molecular weight is 482 g/mol. The number of anilines is 2. The van der Waals surface area contributed by atoms with Crippen LogP contribution in [0.15, 0.2) is 42.5 Å². The summed E-state index contributed by atoms with van der Waals surface area (Å²) < 4.78 is 30.4. The Kier molecular flexibility index (Phi) is 8.23. The number of hydrogen-bond donors (Lipinski definition) is 1. The fourth-order valence-corrected chi connectivity index (χ4v) is 3.78. The zero-order valence-corrected chi connectivity index (χ0v) is 19.7. The van der Waals surface area contributed by atoms with E-state index in [1.54, 1.807) is 21.0 Å². The van der Waals surface area contributed by atoms with Gasteiger partial charge in [-0.2, -0.15) is 0 Å². The Labute approximate surface area is 192 Å². The minimum Gasteiger partial charge on any atom is -0.462 e. The second-order valence-corrected chi connectivity index (χ2v) is 9.29. The molecule has 2 aromatic carbocycles. The molecule has 2 rings (SSSR count). The maximum atomic E-state index is 12.6. The van der Waals surface area contributed by atoms with Gasteiger partial charge >= 0.3 is 5.97 Å². The van der Waals surface area contributed by atoms with Gasteiger partial charge in [0.1, 0.15) is 6.54 Å². The molecule has 0 bridgehead atoms. The molecule has 9 nitrogen and oxygen atoms in total. The molecule has 0 atom stereocenters. The molecule has 0 aliphatic rings. The zero-order chi connectivity index (χ0) is 24.1. The Bertz CT molecular complexity index is 1120. The van der Waals surface area contributed by atoms with E-state index >= 15 is 0 Å². The Hall–Kier alpha value is -3.11. The molecule has 0 fully saturated rings. The van der Waals surface area contributed by atoms with Gasteiger partial charge in [-0.3, -0.25) is 13.9 Å². The number of carbonyl (C=O) groups excluding carboxylic acids is 3. The fraction of sp³-hybridized carbons (Fsp3) is 0.286. The molecule has 0 spiro atoms. The second-order valence-electron chi connectivity index (χ2n) is 6.98. The van der Waals surface area contributed by atoms with Crippen molar-refractivity contribution in [3.8, 4) is 0 Å². The molecular weight excluding hydrogens is 458 g/mol. The standard InChI is InChI=1S/C21H24ClN3O6S/c1-5-31-21(28)17-12-15(8-11-18(17)22)23-19(26)13-25(32(4,29)30)16-9-6-14(7-10-16)20(27)24(2)3/h6-12H,5,13H2,1-4H3,(H,23,26). The van der Waals surface area contributed by atoms with Crippen LogP contribution in [0.4, 0.5) is 11.4 Å². The lowest BCUT2D eigenvalue weighted by Gasteiger charge is -2.22. The van der Waals surface area contributed by atoms with E-state index in [-0.39, 0.29) is 34.5 Å². The van der Waals surface area contributed by atoms with E-state index in [0.29, 0.717) is 5.56 Å². The van der Waals surface area contributed by atoms with E-state index in [9.17, 15) is 22.8 Å². The van der Waals surface area contributed by atoms with Crippen LogP contribution in [0, 0.1) is 0 Å². The first-order chi connectivity index (χ1) is 14.9. The van der Waals surface area contributed by atoms with Crippen LogP contribution in [-0.4, -0.2) is 64.6 Å². The van der Waals surface area contributed by atoms with Crippen molar-refractivity contribution in [2.75, 3.05) is 43.1 Å². The van der Waals surface area contributed by atoms with Gasteiger partial charge in [0.05, 0.1) is 29.1 Å². The number of rotatable bonds is 8. The summed E-state index contributed by atoms with van der Waals surface area (Å²) in [5.74, 6) is -1.51. The van der Waals surface area contributed by atoms with Crippen LogP contribution in [0.2, 0.25) is 5.02 Å². The highest BCUT2D eigenvalue weighted by molar-refractivity contribution is 7.92. The van der Waals surface area contributed by atoms with Crippen molar-refractivity contribution in [1.82, 2.24) is 4.90 Å². The zero-order valence-electron chi connectivity index (χ0n) is 18.1. The van der Waals surface area contributed by atoms with Gasteiger partial charge < -0.3 is 15.0 Å². The fourth-order valence-electron chi connectivity index (χ4n) is 2.73. The normalized spacial score (nSPS) is 10.9. The van der Waals surface area contributed by atoms with E-state index < -0.39 is 28.4 Å². The van der Waals surface area contributed by atoms with Crippen LogP contribution >= 0.6 is 11.6 Å². The minimum absolute atomic E-state index is 0.0763. The lowest BCUT2D eigenvalue weighted by atomic mass is 10.2. The van der Waals surface area contributed by atoms with E-state index in [4.69, 9.17) is 16.3 Å². The Balaban J connectivity index is 2.22. The molecule has 0 aromatic heterocycles. The van der Waals surface area contributed by atoms with Crippen LogP contribution in [-0.2, 0) is 19.6 Å². The average Bonchev–Trinajstić information content (AvgIpc) is 2.72. The highest BCUT2D eigenvalue weighted by Gasteiger charge is 2.22. The van der Waals surface area contributed by atoms with Gasteiger partial charge in [0, 0.05) is 25.3 Å². The Morgan fingerprint density at radius 2 is 1.69 bits per heavy atom. The van der Waals surface area contributed by atoms with Crippen molar-refractivity contribution in [3.63, 3.8) is 0 Å². The van der Waals surface area contributed by atoms with Gasteiger partial charge in [0.25, 0.3) is 5.91 Å². The number of nitrogens with zero attached hydrogens (tertiary/aromatic N) is 2. The summed E-state index contributed by atoms with van der Waals surface area (Å²) in [6.45, 7) is 1.30. The molecule has 0 aliphatic carbocycles. The van der Waals surface area contributed by atoms with E-state index in [1.165, 1.54) is 47.4 Å². The smallest absolute Gasteiger partial charge is 0.339 e. The molecule has 0 saturated carbocycles. The molecule has 2 aromatic rings. The van der Waals surface area contributed by atoms with Crippen molar-refractivity contribution >= 4 is 50.8 Å². The first-order valence-corrected chi connectivity index (χ1v) is 11.7. The Morgan fingerprint density at radius 1 is 1.06 bits per heavy atom. The van der Waals surface area contributed by atoms with E-state index in [1.807, 2.05) is 0 Å². The van der Waals surface area contributed by atoms with Gasteiger partial charge in [0.15, 0.2) is 0 Å². The number of hydrogen-bond acceptors (Lipinski definition) is 6. The van der Waals surface area contributed by atoms with Crippen LogP contribution in [0.25, 0.3) is 0 Å². The van der Waals surface area contributed by atoms with Crippen LogP contribution in [0.3, 0.4) is 0 Å². The molecular formula is C21H24ClN3O6S. The number of ether oxygens (including phenoxy) is 1. The van der Waals surface area contributed by atoms with Gasteiger partial charge in [-0.15, -0.1) is 0 Å². The molecule has 2 amide bonds. The highest BCUT2D eigenvalue weighted by atomic mass is 35.5. The maximum Gasteiger partial charge on any atom is 0.339 e. The molecule has 32 heavy (non-hydrogen) atoms. The monoisotopic (exact) mass is 481 g/mol. The number of nitrogens with one attached hydrogen (secondary N) is 1. The minimum atomic E-state index is -3.81. The van der Waals surface area contributed by atoms with E-state index in [2.05, 4.69) is 5.32 Å². The summed E-state index contributed by atoms with van der Waals surface area (Å²) >= 11 is 6.01. The van der Waals surface area contributed by atoms with Gasteiger partial charge in [-0.05, 0) is 49.4 Å². The summed E-state index contributed by atoms with van der Waals surface area (Å²) in [4.78, 5) is 38.0. The van der Waals surface area contributed by atoms with Crippen molar-refractivity contribution in [1.29, 1.82) is 0 Å². The van der Waals surface area contributed by atoms with Crippen LogP contribution in [0.5, 0.6) is 0 Å². The molecule has 172 valence electrons. The number of benzene rings is 2. The first kappa shape index (κ1) is 25.2. The van der Waals surface area contributed by atoms with Gasteiger partial charge in [0.2, 0.25) is 15.9 Å². The number of esters is 1. The summed E-state index contributed by atoms with van der Waals surface area (Å²) in [7, 11) is -0.599. The lowest BCUT2D eigenvalue weighted by Crippen LogP contribution is -2.37. The third-order valence-electron chi connectivity index (χ3n) is 4.24. The van der Waals surface area contributed by atoms with E-state index in [0.717, 1.165) is 10.6 Å². The predicted octanol–water partition coefficient (Wildman–Crippen LogP) is 2.62. The molecule has 1 N–H and O–H groups in total. The molecule has 0 radical (unpaired) electrons. The summed E-state index contributed by atoms with van der Waals surface area (Å²) in [5.41, 5.74) is 0.931. The number of amides is 2.